The van der Waals surface area contributed by atoms with Crippen molar-refractivity contribution in [1.82, 2.24) is 15.4 Å². The number of H-pyrrole nitrogens is 1. The van der Waals surface area contributed by atoms with E-state index < -0.39 is 5.91 Å². The molecule has 8 heteroatoms. The zero-order chi connectivity index (χ0) is 27.9. The molecule has 0 aliphatic rings. The number of primary amides is 1. The second kappa shape index (κ2) is 12.3. The maximum Gasteiger partial charge on any atom is 0.271 e. The minimum absolute atomic E-state index is 0.0875. The van der Waals surface area contributed by atoms with Gasteiger partial charge in [-0.3, -0.25) is 9.89 Å². The second-order valence-electron chi connectivity index (χ2n) is 9.88. The Hall–Kier alpha value is -4.85. The summed E-state index contributed by atoms with van der Waals surface area (Å²) < 4.78 is 18.3. The number of nitrogens with two attached hydrogens (primary N) is 1. The first-order valence-electron chi connectivity index (χ1n) is 13.3. The lowest BCUT2D eigenvalue weighted by molar-refractivity contribution is 0.0992. The number of carbonyl (C=O) groups is 1. The highest BCUT2D eigenvalue weighted by Crippen LogP contribution is 2.36. The lowest BCUT2D eigenvalue weighted by Crippen LogP contribution is -2.12. The van der Waals surface area contributed by atoms with Gasteiger partial charge in [0.25, 0.3) is 5.91 Å². The number of aromatic nitrogens is 3. The van der Waals surface area contributed by atoms with Crippen molar-refractivity contribution in [3.63, 3.8) is 0 Å². The summed E-state index contributed by atoms with van der Waals surface area (Å²) in [6.45, 7) is 5.17. The molecule has 0 spiro atoms. The third-order valence-electron chi connectivity index (χ3n) is 6.69. The molecule has 1 amide bonds. The van der Waals surface area contributed by atoms with Gasteiger partial charge in [0.05, 0.1) is 11.8 Å². The molecule has 3 N–H and O–H groups in total. The molecule has 3 aromatic carbocycles. The van der Waals surface area contributed by atoms with Crippen LogP contribution in [0.4, 0.5) is 0 Å². The summed E-state index contributed by atoms with van der Waals surface area (Å²) in [5, 5.41) is 10.7. The molecule has 0 unspecified atom stereocenters. The Morgan fingerprint density at radius 2 is 1.57 bits per heavy atom. The topological polar surface area (TPSA) is 116 Å². The summed E-state index contributed by atoms with van der Waals surface area (Å²) in [7, 11) is 0. The fraction of sp³-hybridized carbons (Fsp3) is 0.219. The van der Waals surface area contributed by atoms with Gasteiger partial charge in [-0.2, -0.15) is 5.10 Å². The van der Waals surface area contributed by atoms with Crippen LogP contribution in [0.1, 0.15) is 58.3 Å². The molecule has 2 heterocycles. The predicted molar refractivity (Wildman–Crippen MR) is 152 cm³/mol. The molecule has 8 nitrogen and oxygen atoms in total. The number of benzene rings is 3. The van der Waals surface area contributed by atoms with E-state index in [-0.39, 0.29) is 11.6 Å². The molecule has 0 radical (unpaired) electrons. The van der Waals surface area contributed by atoms with Crippen molar-refractivity contribution in [2.24, 2.45) is 5.73 Å². The quantitative estimate of drug-likeness (QED) is 0.195. The highest BCUT2D eigenvalue weighted by molar-refractivity contribution is 5.98. The number of ether oxygens (including phenoxy) is 2. The first kappa shape index (κ1) is 26.7. The van der Waals surface area contributed by atoms with Gasteiger partial charge < -0.3 is 19.7 Å². The summed E-state index contributed by atoms with van der Waals surface area (Å²) >= 11 is 0. The van der Waals surface area contributed by atoms with Crippen molar-refractivity contribution in [2.45, 2.75) is 45.8 Å². The van der Waals surface area contributed by atoms with E-state index in [1.54, 1.807) is 12.4 Å². The highest BCUT2D eigenvalue weighted by Gasteiger charge is 2.23. The molecule has 0 saturated heterocycles. The van der Waals surface area contributed by atoms with Crippen molar-refractivity contribution in [3.05, 3.63) is 119 Å². The van der Waals surface area contributed by atoms with Crippen molar-refractivity contribution in [3.8, 4) is 22.6 Å². The molecule has 204 valence electrons. The van der Waals surface area contributed by atoms with Crippen LogP contribution in [0.5, 0.6) is 11.5 Å². The van der Waals surface area contributed by atoms with Crippen molar-refractivity contribution < 1.29 is 18.8 Å². The fourth-order valence-corrected chi connectivity index (χ4v) is 4.60. The van der Waals surface area contributed by atoms with E-state index in [2.05, 4.69) is 35.3 Å². The normalized spacial score (nSPS) is 11.1. The van der Waals surface area contributed by atoms with E-state index in [0.717, 1.165) is 33.8 Å². The van der Waals surface area contributed by atoms with E-state index in [9.17, 15) is 4.79 Å². The highest BCUT2D eigenvalue weighted by atomic mass is 16.5. The molecule has 40 heavy (non-hydrogen) atoms. The van der Waals surface area contributed by atoms with Crippen LogP contribution in [-0.2, 0) is 26.1 Å². The minimum Gasteiger partial charge on any atom is -0.488 e. The lowest BCUT2D eigenvalue weighted by atomic mass is 9.95. The zero-order valence-electron chi connectivity index (χ0n) is 22.6. The fourth-order valence-electron chi connectivity index (χ4n) is 4.60. The number of aryl methyl sites for hydroxylation is 2. The molecule has 2 aromatic heterocycles. The van der Waals surface area contributed by atoms with Gasteiger partial charge in [0.15, 0.2) is 5.69 Å². The SMILES string of the molecule is CC(C)c1cc(CCc2onc(C(N)=O)c2-c2cn[nH]c2)c(OCc2ccccc2)cc1OCc1ccccc1. The van der Waals surface area contributed by atoms with E-state index in [1.165, 1.54) is 0 Å². The Bertz CT molecular complexity index is 1550. The van der Waals surface area contributed by atoms with Crippen LogP contribution in [0.15, 0.2) is 89.7 Å². The number of rotatable bonds is 12. The summed E-state index contributed by atoms with van der Waals surface area (Å²) in [5.41, 5.74) is 11.2. The van der Waals surface area contributed by atoms with Gasteiger partial charge in [-0.05, 0) is 40.7 Å². The number of hydrogen-bond donors (Lipinski definition) is 2. The van der Waals surface area contributed by atoms with E-state index >= 15 is 0 Å². The third-order valence-corrected chi connectivity index (χ3v) is 6.69. The van der Waals surface area contributed by atoms with Gasteiger partial charge >= 0.3 is 0 Å². The van der Waals surface area contributed by atoms with Crippen LogP contribution in [0.25, 0.3) is 11.1 Å². The average molecular weight is 537 g/mol. The molecule has 0 fully saturated rings. The average Bonchev–Trinajstić information content (AvgIpc) is 3.65. The number of amides is 1. The van der Waals surface area contributed by atoms with Gasteiger partial charge in [0.1, 0.15) is 30.5 Å². The molecule has 0 atom stereocenters. The first-order valence-corrected chi connectivity index (χ1v) is 13.3. The van der Waals surface area contributed by atoms with Gasteiger partial charge in [-0.15, -0.1) is 0 Å². The van der Waals surface area contributed by atoms with Crippen LogP contribution in [0.2, 0.25) is 0 Å². The Labute approximate surface area is 233 Å². The number of nitrogens with one attached hydrogen (secondary N) is 1. The zero-order valence-corrected chi connectivity index (χ0v) is 22.6. The summed E-state index contributed by atoms with van der Waals surface area (Å²) in [6.07, 6.45) is 4.37. The number of hydrogen-bond acceptors (Lipinski definition) is 6. The van der Waals surface area contributed by atoms with E-state index in [4.69, 9.17) is 19.7 Å². The molecule has 5 aromatic rings. The molecule has 0 saturated carbocycles. The number of nitrogens with zero attached hydrogens (tertiary/aromatic N) is 2. The molecule has 0 aliphatic carbocycles. The van der Waals surface area contributed by atoms with Crippen LogP contribution in [0.3, 0.4) is 0 Å². The Kier molecular flexibility index (Phi) is 8.25. The molecule has 0 aliphatic heterocycles. The van der Waals surface area contributed by atoms with Crippen LogP contribution in [0, 0.1) is 0 Å². The van der Waals surface area contributed by atoms with Crippen LogP contribution in [-0.4, -0.2) is 21.3 Å². The van der Waals surface area contributed by atoms with Gasteiger partial charge in [-0.25, -0.2) is 0 Å². The molecule has 0 bridgehead atoms. The van der Waals surface area contributed by atoms with Crippen molar-refractivity contribution in [2.75, 3.05) is 0 Å². The maximum atomic E-state index is 12.0. The summed E-state index contributed by atoms with van der Waals surface area (Å²) in [5.74, 6) is 1.65. The van der Waals surface area contributed by atoms with Crippen LogP contribution >= 0.6 is 0 Å². The lowest BCUT2D eigenvalue weighted by Gasteiger charge is -2.20. The van der Waals surface area contributed by atoms with Gasteiger partial charge in [0, 0.05) is 24.2 Å². The monoisotopic (exact) mass is 536 g/mol. The Morgan fingerprint density at radius 1 is 0.925 bits per heavy atom. The Balaban J connectivity index is 1.46. The van der Waals surface area contributed by atoms with Gasteiger partial charge in [-0.1, -0.05) is 79.7 Å². The van der Waals surface area contributed by atoms with Gasteiger partial charge in [0.2, 0.25) is 0 Å². The Morgan fingerprint density at radius 3 is 2.15 bits per heavy atom. The van der Waals surface area contributed by atoms with Crippen molar-refractivity contribution >= 4 is 5.91 Å². The molecular formula is C32H32N4O4. The maximum absolute atomic E-state index is 12.0. The first-order chi connectivity index (χ1) is 19.5. The largest absolute Gasteiger partial charge is 0.488 e. The molecule has 5 rings (SSSR count). The standard InChI is InChI=1S/C32H32N4O4/c1-21(2)26-15-24(13-14-27-30(25-17-34-35-18-25)31(32(33)37)36-40-27)28(38-19-22-9-5-3-6-10-22)16-29(26)39-20-23-11-7-4-8-12-23/h3-12,15-18,21H,13-14,19-20H2,1-2H3,(H2,33,37)(H,34,35). The third kappa shape index (κ3) is 6.23. The van der Waals surface area contributed by atoms with E-state index in [0.29, 0.717) is 42.9 Å². The van der Waals surface area contributed by atoms with Crippen molar-refractivity contribution in [1.29, 1.82) is 0 Å². The van der Waals surface area contributed by atoms with E-state index in [1.807, 2.05) is 66.7 Å². The molecular weight excluding hydrogens is 504 g/mol. The number of carbonyl (C=O) groups excluding carboxylic acids is 1. The van der Waals surface area contributed by atoms with Crippen LogP contribution < -0.4 is 15.2 Å². The second-order valence-corrected chi connectivity index (χ2v) is 9.88. The summed E-state index contributed by atoms with van der Waals surface area (Å²) in [6, 6.07) is 24.3. The predicted octanol–water partition coefficient (Wildman–Crippen LogP) is 6.23. The number of aromatic amines is 1. The summed E-state index contributed by atoms with van der Waals surface area (Å²) in [4.78, 5) is 12.0. The minimum atomic E-state index is -0.653. The smallest absolute Gasteiger partial charge is 0.271 e.